The Bertz CT molecular complexity index is 388. The zero-order valence-corrected chi connectivity index (χ0v) is 10.3. The molecule has 0 spiro atoms. The van der Waals surface area contributed by atoms with Crippen LogP contribution in [0.1, 0.15) is 12.5 Å². The molecule has 0 heterocycles. The number of benzene rings is 1. The van der Waals surface area contributed by atoms with Crippen LogP contribution < -0.4 is 0 Å². The second kappa shape index (κ2) is 5.85. The van der Waals surface area contributed by atoms with Crippen LogP contribution in [0.5, 0.6) is 0 Å². The van der Waals surface area contributed by atoms with Gasteiger partial charge in [-0.05, 0) is 41.7 Å². The van der Waals surface area contributed by atoms with E-state index in [0.717, 1.165) is 0 Å². The van der Waals surface area contributed by atoms with Crippen LogP contribution >= 0.6 is 22.6 Å². The number of carbonyl (C=O) groups excluding carboxylic acids is 1. The van der Waals surface area contributed by atoms with Crippen molar-refractivity contribution in [3.8, 4) is 0 Å². The highest BCUT2D eigenvalue weighted by Gasteiger charge is 2.07. The molecule has 80 valence electrons. The van der Waals surface area contributed by atoms with Gasteiger partial charge in [-0.1, -0.05) is 18.2 Å². The molecule has 0 bridgehead atoms. The van der Waals surface area contributed by atoms with E-state index in [4.69, 9.17) is 4.74 Å². The Balaban J connectivity index is 2.88. The number of rotatable bonds is 3. The van der Waals surface area contributed by atoms with Gasteiger partial charge in [0.25, 0.3) is 0 Å². The average molecular weight is 320 g/mol. The van der Waals surface area contributed by atoms with Crippen LogP contribution in [-0.2, 0) is 9.53 Å². The SMILES string of the molecule is CCOC(=O)/C(I)=C/c1ccccc1F. The summed E-state index contributed by atoms with van der Waals surface area (Å²) in [5.41, 5.74) is 0.384. The Labute approximate surface area is 101 Å². The fraction of sp³-hybridized carbons (Fsp3) is 0.182. The predicted octanol–water partition coefficient (Wildman–Crippen LogP) is 3.16. The van der Waals surface area contributed by atoms with Crippen molar-refractivity contribution < 1.29 is 13.9 Å². The van der Waals surface area contributed by atoms with E-state index >= 15 is 0 Å². The van der Waals surface area contributed by atoms with Crippen LogP contribution in [0, 0.1) is 5.82 Å². The zero-order chi connectivity index (χ0) is 11.3. The maximum absolute atomic E-state index is 13.2. The molecule has 0 N–H and O–H groups in total. The molecule has 0 aliphatic rings. The summed E-state index contributed by atoms with van der Waals surface area (Å²) in [4.78, 5) is 11.2. The average Bonchev–Trinajstić information content (AvgIpc) is 2.21. The van der Waals surface area contributed by atoms with Crippen molar-refractivity contribution >= 4 is 34.6 Å². The van der Waals surface area contributed by atoms with E-state index in [1.807, 2.05) is 22.6 Å². The summed E-state index contributed by atoms with van der Waals surface area (Å²) in [5.74, 6) is -0.780. The lowest BCUT2D eigenvalue weighted by Crippen LogP contribution is -2.03. The minimum absolute atomic E-state index is 0.316. The van der Waals surface area contributed by atoms with E-state index in [0.29, 0.717) is 15.8 Å². The fourth-order valence-corrected chi connectivity index (χ4v) is 1.48. The van der Waals surface area contributed by atoms with E-state index in [1.165, 1.54) is 12.1 Å². The second-order valence-corrected chi connectivity index (χ2v) is 3.90. The van der Waals surface area contributed by atoms with E-state index in [-0.39, 0.29) is 5.82 Å². The number of ether oxygens (including phenoxy) is 1. The first kappa shape index (κ1) is 12.2. The molecule has 1 rings (SSSR count). The largest absolute Gasteiger partial charge is 0.462 e. The number of carbonyl (C=O) groups is 1. The maximum Gasteiger partial charge on any atom is 0.344 e. The molecule has 0 aromatic heterocycles. The van der Waals surface area contributed by atoms with Crippen LogP contribution in [0.4, 0.5) is 4.39 Å². The van der Waals surface area contributed by atoms with Crippen LogP contribution in [0.2, 0.25) is 0 Å². The first-order valence-electron chi connectivity index (χ1n) is 4.44. The van der Waals surface area contributed by atoms with E-state index in [2.05, 4.69) is 0 Å². The van der Waals surface area contributed by atoms with Gasteiger partial charge in [0.2, 0.25) is 0 Å². The van der Waals surface area contributed by atoms with E-state index < -0.39 is 5.97 Å². The molecule has 4 heteroatoms. The standard InChI is InChI=1S/C11H10FIO2/c1-2-15-11(14)10(13)7-8-5-3-4-6-9(8)12/h3-7H,2H2,1H3/b10-7-. The van der Waals surface area contributed by atoms with Gasteiger partial charge in [-0.15, -0.1) is 0 Å². The van der Waals surface area contributed by atoms with Gasteiger partial charge >= 0.3 is 5.97 Å². The minimum Gasteiger partial charge on any atom is -0.462 e. The molecule has 0 aliphatic heterocycles. The smallest absolute Gasteiger partial charge is 0.344 e. The lowest BCUT2D eigenvalue weighted by atomic mass is 10.2. The lowest BCUT2D eigenvalue weighted by Gasteiger charge is -2.00. The molecular formula is C11H10FIO2. The summed E-state index contributed by atoms with van der Waals surface area (Å²) < 4.78 is 18.3. The van der Waals surface area contributed by atoms with Gasteiger partial charge in [-0.25, -0.2) is 9.18 Å². The van der Waals surface area contributed by atoms with Gasteiger partial charge in [-0.2, -0.15) is 0 Å². The predicted molar refractivity (Wildman–Crippen MR) is 65.0 cm³/mol. The third-order valence-electron chi connectivity index (χ3n) is 1.66. The monoisotopic (exact) mass is 320 g/mol. The van der Waals surface area contributed by atoms with Gasteiger partial charge in [0.15, 0.2) is 0 Å². The Morgan fingerprint density at radius 1 is 1.53 bits per heavy atom. The number of hydrogen-bond acceptors (Lipinski definition) is 2. The first-order chi connectivity index (χ1) is 7.15. The van der Waals surface area contributed by atoms with Crippen LogP contribution in [0.3, 0.4) is 0 Å². The molecule has 0 atom stereocenters. The molecule has 0 unspecified atom stereocenters. The fourth-order valence-electron chi connectivity index (χ4n) is 0.988. The Hall–Kier alpha value is -0.910. The summed E-state index contributed by atoms with van der Waals surface area (Å²) in [6.07, 6.45) is 1.47. The van der Waals surface area contributed by atoms with Crippen molar-refractivity contribution in [2.24, 2.45) is 0 Å². The molecule has 2 nitrogen and oxygen atoms in total. The van der Waals surface area contributed by atoms with Crippen molar-refractivity contribution in [1.82, 2.24) is 0 Å². The normalized spacial score (nSPS) is 11.3. The van der Waals surface area contributed by atoms with Crippen molar-refractivity contribution in [2.75, 3.05) is 6.61 Å². The lowest BCUT2D eigenvalue weighted by molar-refractivity contribution is -0.137. The van der Waals surface area contributed by atoms with Gasteiger partial charge < -0.3 is 4.74 Å². The van der Waals surface area contributed by atoms with Crippen LogP contribution in [0.15, 0.2) is 27.8 Å². The summed E-state index contributed by atoms with van der Waals surface area (Å²) in [6, 6.07) is 6.27. The van der Waals surface area contributed by atoms with Gasteiger partial charge in [0.1, 0.15) is 5.82 Å². The molecule has 0 aliphatic carbocycles. The highest BCUT2D eigenvalue weighted by atomic mass is 127. The van der Waals surface area contributed by atoms with E-state index in [1.54, 1.807) is 25.1 Å². The van der Waals surface area contributed by atoms with Crippen molar-refractivity contribution in [2.45, 2.75) is 6.92 Å². The second-order valence-electron chi connectivity index (χ2n) is 2.73. The molecule has 1 aromatic carbocycles. The quantitative estimate of drug-likeness (QED) is 0.486. The van der Waals surface area contributed by atoms with Crippen LogP contribution in [-0.4, -0.2) is 12.6 Å². The summed E-state index contributed by atoms with van der Waals surface area (Å²) >= 11 is 1.83. The van der Waals surface area contributed by atoms with Crippen molar-refractivity contribution in [3.63, 3.8) is 0 Å². The molecule has 0 fully saturated rings. The maximum atomic E-state index is 13.2. The number of esters is 1. The molecule has 0 amide bonds. The highest BCUT2D eigenvalue weighted by Crippen LogP contribution is 2.16. The Morgan fingerprint density at radius 3 is 2.80 bits per heavy atom. The zero-order valence-electron chi connectivity index (χ0n) is 8.17. The number of hydrogen-bond donors (Lipinski definition) is 0. The molecule has 15 heavy (non-hydrogen) atoms. The topological polar surface area (TPSA) is 26.3 Å². The number of halogens is 2. The first-order valence-corrected chi connectivity index (χ1v) is 5.52. The molecule has 0 radical (unpaired) electrons. The highest BCUT2D eigenvalue weighted by molar-refractivity contribution is 14.1. The van der Waals surface area contributed by atoms with E-state index in [9.17, 15) is 9.18 Å². The van der Waals surface area contributed by atoms with Gasteiger partial charge in [0.05, 0.1) is 10.2 Å². The Kier molecular flexibility index (Phi) is 4.74. The van der Waals surface area contributed by atoms with Crippen molar-refractivity contribution in [1.29, 1.82) is 0 Å². The molecule has 1 aromatic rings. The summed E-state index contributed by atoms with van der Waals surface area (Å²) in [7, 11) is 0. The molecular weight excluding hydrogens is 310 g/mol. The van der Waals surface area contributed by atoms with Gasteiger partial charge in [0, 0.05) is 5.56 Å². The summed E-state index contributed by atoms with van der Waals surface area (Å²) in [5, 5.41) is 0. The summed E-state index contributed by atoms with van der Waals surface area (Å²) in [6.45, 7) is 2.04. The van der Waals surface area contributed by atoms with Gasteiger partial charge in [-0.3, -0.25) is 0 Å². The Morgan fingerprint density at radius 2 is 2.20 bits per heavy atom. The third-order valence-corrected chi connectivity index (χ3v) is 2.41. The molecule has 0 saturated heterocycles. The van der Waals surface area contributed by atoms with Crippen LogP contribution in [0.25, 0.3) is 6.08 Å². The third kappa shape index (κ3) is 3.62. The molecule has 0 saturated carbocycles. The minimum atomic E-state index is -0.429. The van der Waals surface area contributed by atoms with Crippen molar-refractivity contribution in [3.05, 3.63) is 39.2 Å².